The Morgan fingerprint density at radius 2 is 1.77 bits per heavy atom. The zero-order chi connectivity index (χ0) is 16.1. The van der Waals surface area contributed by atoms with Gasteiger partial charge in [-0.1, -0.05) is 20.4 Å². The smallest absolute Gasteiger partial charge is 0.333 e. The Kier molecular flexibility index (Phi) is 3.91. The van der Waals surface area contributed by atoms with Crippen LogP contribution < -0.4 is 0 Å². The molecule has 0 radical (unpaired) electrons. The SMILES string of the molecule is C=C(C)C(=O)OC1(C(CC)CC)C2CC3CC1CC(O)(C3)C2. The molecule has 3 heteroatoms. The summed E-state index contributed by atoms with van der Waals surface area (Å²) in [6, 6.07) is 0. The molecule has 4 aliphatic carbocycles. The molecule has 0 saturated heterocycles. The highest BCUT2D eigenvalue weighted by Gasteiger charge is 2.65. The summed E-state index contributed by atoms with van der Waals surface area (Å²) >= 11 is 0. The van der Waals surface area contributed by atoms with Gasteiger partial charge in [0.25, 0.3) is 0 Å². The van der Waals surface area contributed by atoms with Crippen LogP contribution in [0, 0.1) is 23.7 Å². The number of hydrogen-bond donors (Lipinski definition) is 1. The Morgan fingerprint density at radius 3 is 2.18 bits per heavy atom. The number of rotatable bonds is 5. The molecule has 0 aromatic rings. The van der Waals surface area contributed by atoms with Crippen molar-refractivity contribution < 1.29 is 14.6 Å². The second-order valence-electron chi connectivity index (χ2n) is 8.10. The van der Waals surface area contributed by atoms with Gasteiger partial charge in [0, 0.05) is 17.4 Å². The maximum atomic E-state index is 12.4. The average Bonchev–Trinajstić information content (AvgIpc) is 2.43. The van der Waals surface area contributed by atoms with Crippen LogP contribution >= 0.6 is 0 Å². The molecule has 0 aliphatic heterocycles. The second-order valence-corrected chi connectivity index (χ2v) is 8.10. The maximum absolute atomic E-state index is 12.4. The molecule has 0 amide bonds. The minimum Gasteiger partial charge on any atom is -0.455 e. The third-order valence-electron chi connectivity index (χ3n) is 6.67. The lowest BCUT2D eigenvalue weighted by atomic mass is 9.45. The van der Waals surface area contributed by atoms with Gasteiger partial charge < -0.3 is 9.84 Å². The highest BCUT2D eigenvalue weighted by Crippen LogP contribution is 2.64. The zero-order valence-electron chi connectivity index (χ0n) is 14.2. The van der Waals surface area contributed by atoms with E-state index in [1.807, 2.05) is 0 Å². The molecule has 4 rings (SSSR count). The molecule has 0 spiro atoms. The van der Waals surface area contributed by atoms with Crippen molar-refractivity contribution in [1.29, 1.82) is 0 Å². The summed E-state index contributed by atoms with van der Waals surface area (Å²) in [5.74, 6) is 1.39. The van der Waals surface area contributed by atoms with Crippen LogP contribution in [0.4, 0.5) is 0 Å². The van der Waals surface area contributed by atoms with E-state index in [-0.39, 0.29) is 11.6 Å². The molecule has 4 fully saturated rings. The van der Waals surface area contributed by atoms with Crippen molar-refractivity contribution in [3.63, 3.8) is 0 Å². The van der Waals surface area contributed by atoms with Crippen LogP contribution in [-0.4, -0.2) is 22.3 Å². The van der Waals surface area contributed by atoms with Crippen LogP contribution in [0.15, 0.2) is 12.2 Å². The molecule has 2 unspecified atom stereocenters. The van der Waals surface area contributed by atoms with Crippen molar-refractivity contribution in [1.82, 2.24) is 0 Å². The maximum Gasteiger partial charge on any atom is 0.333 e. The van der Waals surface area contributed by atoms with Gasteiger partial charge >= 0.3 is 5.97 Å². The Balaban J connectivity index is 1.99. The van der Waals surface area contributed by atoms with Gasteiger partial charge in [0.15, 0.2) is 0 Å². The lowest BCUT2D eigenvalue weighted by molar-refractivity contribution is -0.257. The van der Waals surface area contributed by atoms with E-state index in [1.54, 1.807) is 6.92 Å². The molecular formula is C19H30O3. The summed E-state index contributed by atoms with van der Waals surface area (Å²) in [5.41, 5.74) is -0.387. The third kappa shape index (κ3) is 2.24. The van der Waals surface area contributed by atoms with Crippen LogP contribution in [0.5, 0.6) is 0 Å². The summed E-state index contributed by atoms with van der Waals surface area (Å²) in [7, 11) is 0. The van der Waals surface area contributed by atoms with Gasteiger partial charge in [0.05, 0.1) is 5.60 Å². The number of hydrogen-bond acceptors (Lipinski definition) is 3. The summed E-state index contributed by atoms with van der Waals surface area (Å²) in [6.07, 6.45) is 6.83. The van der Waals surface area contributed by atoms with Crippen molar-refractivity contribution >= 4 is 5.97 Å². The number of aliphatic hydroxyl groups is 1. The predicted octanol–water partition coefficient (Wildman–Crippen LogP) is 3.85. The largest absolute Gasteiger partial charge is 0.455 e. The predicted molar refractivity (Wildman–Crippen MR) is 86.2 cm³/mol. The molecule has 0 aromatic carbocycles. The highest BCUT2D eigenvalue weighted by molar-refractivity contribution is 5.87. The van der Waals surface area contributed by atoms with Crippen LogP contribution in [0.2, 0.25) is 0 Å². The Bertz CT molecular complexity index is 461. The van der Waals surface area contributed by atoms with Crippen molar-refractivity contribution in [2.75, 3.05) is 0 Å². The van der Waals surface area contributed by atoms with E-state index in [9.17, 15) is 9.90 Å². The van der Waals surface area contributed by atoms with E-state index in [0.717, 1.165) is 44.9 Å². The monoisotopic (exact) mass is 306 g/mol. The minimum absolute atomic E-state index is 0.244. The molecule has 22 heavy (non-hydrogen) atoms. The Morgan fingerprint density at radius 1 is 1.23 bits per heavy atom. The number of ether oxygens (including phenoxy) is 1. The van der Waals surface area contributed by atoms with Crippen LogP contribution in [-0.2, 0) is 9.53 Å². The number of esters is 1. The number of carbonyl (C=O) groups excluding carboxylic acids is 1. The van der Waals surface area contributed by atoms with Gasteiger partial charge in [0.1, 0.15) is 5.60 Å². The quantitative estimate of drug-likeness (QED) is 0.620. The van der Waals surface area contributed by atoms with E-state index >= 15 is 0 Å². The summed E-state index contributed by atoms with van der Waals surface area (Å²) in [6.45, 7) is 9.90. The van der Waals surface area contributed by atoms with E-state index in [4.69, 9.17) is 4.74 Å². The standard InChI is InChI=1S/C19H30O3/c1-5-14(6-2)19(22-17(20)12(3)4)15-7-13-8-16(19)11-18(21,9-13)10-15/h13-16,21H,3,5-11H2,1-2,4H3. The fraction of sp³-hybridized carbons (Fsp3) is 0.842. The minimum atomic E-state index is -0.498. The summed E-state index contributed by atoms with van der Waals surface area (Å²) in [5, 5.41) is 10.8. The Hall–Kier alpha value is -0.830. The molecule has 1 N–H and O–H groups in total. The molecule has 124 valence electrons. The topological polar surface area (TPSA) is 46.5 Å². The lowest BCUT2D eigenvalue weighted by Crippen LogP contribution is -2.67. The van der Waals surface area contributed by atoms with E-state index in [1.165, 1.54) is 0 Å². The van der Waals surface area contributed by atoms with E-state index in [2.05, 4.69) is 20.4 Å². The van der Waals surface area contributed by atoms with Crippen LogP contribution in [0.3, 0.4) is 0 Å². The summed E-state index contributed by atoms with van der Waals surface area (Å²) < 4.78 is 6.22. The van der Waals surface area contributed by atoms with E-state index in [0.29, 0.717) is 29.2 Å². The van der Waals surface area contributed by atoms with Gasteiger partial charge in [-0.3, -0.25) is 0 Å². The molecular weight excluding hydrogens is 276 g/mol. The molecule has 0 heterocycles. The zero-order valence-corrected chi connectivity index (χ0v) is 14.2. The molecule has 4 bridgehead atoms. The second kappa shape index (κ2) is 5.36. The van der Waals surface area contributed by atoms with Gasteiger partial charge in [-0.25, -0.2) is 4.79 Å². The van der Waals surface area contributed by atoms with Gasteiger partial charge in [-0.2, -0.15) is 0 Å². The first-order valence-electron chi connectivity index (χ1n) is 8.95. The van der Waals surface area contributed by atoms with Gasteiger partial charge in [-0.15, -0.1) is 0 Å². The van der Waals surface area contributed by atoms with Gasteiger partial charge in [0.2, 0.25) is 0 Å². The highest BCUT2D eigenvalue weighted by atomic mass is 16.6. The normalized spacial score (nSPS) is 42.7. The summed E-state index contributed by atoms with van der Waals surface area (Å²) in [4.78, 5) is 12.4. The molecule has 4 saturated carbocycles. The lowest BCUT2D eigenvalue weighted by Gasteiger charge is -2.64. The first kappa shape index (κ1) is 16.0. The van der Waals surface area contributed by atoms with Crippen LogP contribution in [0.1, 0.15) is 65.7 Å². The molecule has 0 aromatic heterocycles. The fourth-order valence-corrected chi connectivity index (χ4v) is 6.05. The molecule has 3 nitrogen and oxygen atoms in total. The fourth-order valence-electron chi connectivity index (χ4n) is 6.05. The van der Waals surface area contributed by atoms with Crippen molar-refractivity contribution in [3.8, 4) is 0 Å². The molecule has 2 atom stereocenters. The van der Waals surface area contributed by atoms with Crippen molar-refractivity contribution in [3.05, 3.63) is 12.2 Å². The van der Waals surface area contributed by atoms with Gasteiger partial charge in [-0.05, 0) is 63.7 Å². The van der Waals surface area contributed by atoms with Crippen molar-refractivity contribution in [2.45, 2.75) is 76.9 Å². The van der Waals surface area contributed by atoms with Crippen LogP contribution in [0.25, 0.3) is 0 Å². The average molecular weight is 306 g/mol. The van der Waals surface area contributed by atoms with Crippen molar-refractivity contribution in [2.24, 2.45) is 23.7 Å². The van der Waals surface area contributed by atoms with E-state index < -0.39 is 5.60 Å². The first-order chi connectivity index (χ1) is 10.3. The third-order valence-corrected chi connectivity index (χ3v) is 6.67. The molecule has 4 aliphatic rings. The first-order valence-corrected chi connectivity index (χ1v) is 8.95. The Labute approximate surface area is 134 Å². The number of carbonyl (C=O) groups is 1.